The summed E-state index contributed by atoms with van der Waals surface area (Å²) in [6.07, 6.45) is 1.34. The minimum absolute atomic E-state index is 0.0764. The fourth-order valence-electron chi connectivity index (χ4n) is 0.770. The van der Waals surface area contributed by atoms with Crippen molar-refractivity contribution in [2.24, 2.45) is 7.05 Å². The van der Waals surface area contributed by atoms with Gasteiger partial charge in [-0.1, -0.05) is 11.6 Å². The molecular formula is C7H8ClNO2. The Morgan fingerprint density at radius 2 is 2.18 bits per heavy atom. The van der Waals surface area contributed by atoms with Gasteiger partial charge in [0.2, 0.25) is 5.43 Å². The Morgan fingerprint density at radius 3 is 2.73 bits per heavy atom. The molecule has 1 N–H and O–H groups in total. The third-order valence-corrected chi connectivity index (χ3v) is 2.04. The number of pyridine rings is 1. The highest BCUT2D eigenvalue weighted by molar-refractivity contribution is 6.31. The molecule has 0 aliphatic heterocycles. The van der Waals surface area contributed by atoms with E-state index in [1.54, 1.807) is 18.5 Å². The van der Waals surface area contributed by atoms with E-state index in [0.717, 1.165) is 0 Å². The number of hydrogen-bond donors (Lipinski definition) is 1. The maximum absolute atomic E-state index is 10.9. The van der Waals surface area contributed by atoms with Crippen molar-refractivity contribution in [2.45, 2.75) is 6.92 Å². The van der Waals surface area contributed by atoms with Gasteiger partial charge in [-0.2, -0.15) is 0 Å². The molecule has 1 aromatic heterocycles. The monoisotopic (exact) mass is 173 g/mol. The number of aromatic hydroxyl groups is 1. The van der Waals surface area contributed by atoms with Crippen molar-refractivity contribution in [3.8, 4) is 5.75 Å². The second-order valence-corrected chi connectivity index (χ2v) is 2.73. The number of aryl methyl sites for hydroxylation is 1. The van der Waals surface area contributed by atoms with E-state index >= 15 is 0 Å². The summed E-state index contributed by atoms with van der Waals surface area (Å²) in [5, 5.41) is 9.06. The van der Waals surface area contributed by atoms with E-state index in [1.165, 1.54) is 6.20 Å². The van der Waals surface area contributed by atoms with Gasteiger partial charge in [0, 0.05) is 18.9 Å². The number of rotatable bonds is 0. The quantitative estimate of drug-likeness (QED) is 0.638. The van der Waals surface area contributed by atoms with E-state index in [-0.39, 0.29) is 10.8 Å². The number of hydrogen-bond acceptors (Lipinski definition) is 2. The Kier molecular flexibility index (Phi) is 1.91. The lowest BCUT2D eigenvalue weighted by Gasteiger charge is -2.05. The van der Waals surface area contributed by atoms with E-state index in [9.17, 15) is 4.79 Å². The first-order chi connectivity index (χ1) is 5.04. The van der Waals surface area contributed by atoms with Gasteiger partial charge in [-0.05, 0) is 6.92 Å². The van der Waals surface area contributed by atoms with Crippen molar-refractivity contribution < 1.29 is 5.11 Å². The minimum Gasteiger partial charge on any atom is -0.503 e. The Labute approximate surface area is 68.8 Å². The summed E-state index contributed by atoms with van der Waals surface area (Å²) < 4.78 is 1.60. The highest BCUT2D eigenvalue weighted by Crippen LogP contribution is 2.12. The molecule has 0 unspecified atom stereocenters. The van der Waals surface area contributed by atoms with Gasteiger partial charge in [-0.15, -0.1) is 0 Å². The van der Waals surface area contributed by atoms with Crippen LogP contribution >= 0.6 is 11.6 Å². The Morgan fingerprint density at radius 1 is 1.64 bits per heavy atom. The van der Waals surface area contributed by atoms with Crippen LogP contribution in [0.2, 0.25) is 5.02 Å². The van der Waals surface area contributed by atoms with Gasteiger partial charge in [-0.3, -0.25) is 4.79 Å². The number of aromatic nitrogens is 1. The summed E-state index contributed by atoms with van der Waals surface area (Å²) in [4.78, 5) is 10.9. The maximum Gasteiger partial charge on any atom is 0.241 e. The summed E-state index contributed by atoms with van der Waals surface area (Å²) in [7, 11) is 1.71. The van der Waals surface area contributed by atoms with Crippen LogP contribution in [0, 0.1) is 6.92 Å². The van der Waals surface area contributed by atoms with Crippen LogP contribution in [0.3, 0.4) is 0 Å². The van der Waals surface area contributed by atoms with Crippen LogP contribution in [0.4, 0.5) is 0 Å². The summed E-state index contributed by atoms with van der Waals surface area (Å²) in [5.41, 5.74) is 0.136. The van der Waals surface area contributed by atoms with Crippen molar-refractivity contribution in [2.75, 3.05) is 0 Å². The molecule has 0 aliphatic rings. The highest BCUT2D eigenvalue weighted by Gasteiger charge is 2.06. The lowest BCUT2D eigenvalue weighted by Crippen LogP contribution is -2.08. The van der Waals surface area contributed by atoms with E-state index < -0.39 is 5.43 Å². The third-order valence-electron chi connectivity index (χ3n) is 1.59. The van der Waals surface area contributed by atoms with Crippen LogP contribution in [0.25, 0.3) is 0 Å². The van der Waals surface area contributed by atoms with Gasteiger partial charge < -0.3 is 9.67 Å². The normalized spacial score (nSPS) is 10.1. The van der Waals surface area contributed by atoms with E-state index in [0.29, 0.717) is 5.69 Å². The first-order valence-corrected chi connectivity index (χ1v) is 3.46. The number of halogens is 1. The smallest absolute Gasteiger partial charge is 0.241 e. The molecule has 3 nitrogen and oxygen atoms in total. The molecule has 1 heterocycles. The molecule has 60 valence electrons. The molecule has 0 atom stereocenters. The molecule has 1 aromatic rings. The average molecular weight is 174 g/mol. The van der Waals surface area contributed by atoms with E-state index in [2.05, 4.69) is 0 Å². The van der Waals surface area contributed by atoms with Crippen LogP contribution in [0.1, 0.15) is 5.69 Å². The molecule has 0 saturated carbocycles. The summed E-state index contributed by atoms with van der Waals surface area (Å²) >= 11 is 5.59. The SMILES string of the molecule is Cc1c(Cl)c(=O)c(O)cn1C. The fourth-order valence-corrected chi connectivity index (χ4v) is 1.00. The molecule has 0 fully saturated rings. The first-order valence-electron chi connectivity index (χ1n) is 3.08. The second kappa shape index (κ2) is 2.58. The molecule has 0 aromatic carbocycles. The van der Waals surface area contributed by atoms with Crippen molar-refractivity contribution in [1.29, 1.82) is 0 Å². The number of nitrogens with zero attached hydrogens (tertiary/aromatic N) is 1. The Balaban J connectivity index is 3.59. The molecule has 0 amide bonds. The van der Waals surface area contributed by atoms with E-state index in [4.69, 9.17) is 16.7 Å². The predicted molar refractivity (Wildman–Crippen MR) is 43.1 cm³/mol. The molecule has 11 heavy (non-hydrogen) atoms. The van der Waals surface area contributed by atoms with Crippen molar-refractivity contribution >= 4 is 11.6 Å². The molecular weight excluding hydrogens is 166 g/mol. The zero-order chi connectivity index (χ0) is 8.59. The zero-order valence-electron chi connectivity index (χ0n) is 6.26. The standard InChI is InChI=1S/C7H8ClNO2/c1-4-6(8)7(11)5(10)3-9(4)2/h3,10H,1-2H3. The van der Waals surface area contributed by atoms with Gasteiger partial charge in [0.05, 0.1) is 0 Å². The predicted octanol–water partition coefficient (Wildman–Crippen LogP) is 1.05. The van der Waals surface area contributed by atoms with Crippen LogP contribution < -0.4 is 5.43 Å². The van der Waals surface area contributed by atoms with Crippen molar-refractivity contribution in [3.05, 3.63) is 27.1 Å². The van der Waals surface area contributed by atoms with Crippen LogP contribution in [-0.4, -0.2) is 9.67 Å². The third kappa shape index (κ3) is 1.24. The van der Waals surface area contributed by atoms with Gasteiger partial charge in [0.1, 0.15) is 5.02 Å². The fraction of sp³-hybridized carbons (Fsp3) is 0.286. The molecule has 0 radical (unpaired) electrons. The Bertz CT molecular complexity index is 343. The van der Waals surface area contributed by atoms with Crippen LogP contribution in [0.5, 0.6) is 5.75 Å². The van der Waals surface area contributed by atoms with E-state index in [1.807, 2.05) is 0 Å². The first kappa shape index (κ1) is 8.14. The van der Waals surface area contributed by atoms with Crippen molar-refractivity contribution in [3.63, 3.8) is 0 Å². The lowest BCUT2D eigenvalue weighted by atomic mass is 10.3. The van der Waals surface area contributed by atoms with Gasteiger partial charge >= 0.3 is 0 Å². The molecule has 0 spiro atoms. The lowest BCUT2D eigenvalue weighted by molar-refractivity contribution is 0.463. The summed E-state index contributed by atoms with van der Waals surface area (Å²) in [6, 6.07) is 0. The van der Waals surface area contributed by atoms with Gasteiger partial charge in [0.15, 0.2) is 5.75 Å². The summed E-state index contributed by atoms with van der Waals surface area (Å²) in [6.45, 7) is 1.71. The molecule has 0 saturated heterocycles. The molecule has 4 heteroatoms. The molecule has 0 aliphatic carbocycles. The molecule has 0 bridgehead atoms. The topological polar surface area (TPSA) is 42.2 Å². The van der Waals surface area contributed by atoms with Gasteiger partial charge in [0.25, 0.3) is 0 Å². The second-order valence-electron chi connectivity index (χ2n) is 2.35. The summed E-state index contributed by atoms with van der Waals surface area (Å²) in [5.74, 6) is -0.317. The molecule has 1 rings (SSSR count). The van der Waals surface area contributed by atoms with Crippen molar-refractivity contribution in [1.82, 2.24) is 4.57 Å². The van der Waals surface area contributed by atoms with Gasteiger partial charge in [-0.25, -0.2) is 0 Å². The largest absolute Gasteiger partial charge is 0.503 e. The zero-order valence-corrected chi connectivity index (χ0v) is 7.01. The van der Waals surface area contributed by atoms with Crippen LogP contribution in [0.15, 0.2) is 11.0 Å². The Hall–Kier alpha value is -0.960. The average Bonchev–Trinajstić information content (AvgIpc) is 1.97. The maximum atomic E-state index is 10.9. The minimum atomic E-state index is -0.512. The highest BCUT2D eigenvalue weighted by atomic mass is 35.5. The van der Waals surface area contributed by atoms with Crippen LogP contribution in [-0.2, 0) is 7.05 Å².